The van der Waals surface area contributed by atoms with Gasteiger partial charge in [-0.25, -0.2) is 0 Å². The van der Waals surface area contributed by atoms with Crippen molar-refractivity contribution >= 4 is 18.4 Å². The summed E-state index contributed by atoms with van der Waals surface area (Å²) in [5.74, 6) is -0.0648. The lowest BCUT2D eigenvalue weighted by atomic mass is 10.3. The summed E-state index contributed by atoms with van der Waals surface area (Å²) < 4.78 is 4.29. The molecular formula is C7H14ClNO3. The molecule has 2 N–H and O–H groups in total. The van der Waals surface area contributed by atoms with E-state index in [9.17, 15) is 4.79 Å². The standard InChI is InChI=1S/C4H9NO.C3H4O2.ClH/c6-4-1-2-5-3-4;4-3-1-2-5-3;/h4-6H,1-3H2;1-2H2;1H/t4-;;/m0../s1. The van der Waals surface area contributed by atoms with Crippen molar-refractivity contribution in [3.63, 3.8) is 0 Å². The highest BCUT2D eigenvalue weighted by Gasteiger charge is 2.11. The number of carbonyl (C=O) groups excluding carboxylic acids is 1. The van der Waals surface area contributed by atoms with Crippen LogP contribution in [0, 0.1) is 0 Å². The van der Waals surface area contributed by atoms with Crippen LogP contribution in [-0.2, 0) is 9.53 Å². The van der Waals surface area contributed by atoms with E-state index in [2.05, 4.69) is 10.1 Å². The van der Waals surface area contributed by atoms with E-state index in [0.717, 1.165) is 19.5 Å². The molecule has 0 saturated carbocycles. The van der Waals surface area contributed by atoms with E-state index >= 15 is 0 Å². The van der Waals surface area contributed by atoms with E-state index in [0.29, 0.717) is 13.0 Å². The average molecular weight is 196 g/mol. The number of hydrogen-bond acceptors (Lipinski definition) is 4. The zero-order valence-electron chi connectivity index (χ0n) is 6.78. The molecule has 0 aromatic carbocycles. The smallest absolute Gasteiger partial charge is 0.309 e. The molecule has 4 nitrogen and oxygen atoms in total. The Kier molecular flexibility index (Phi) is 6.06. The molecule has 5 heteroatoms. The number of nitrogens with one attached hydrogen (secondary N) is 1. The van der Waals surface area contributed by atoms with E-state index in [4.69, 9.17) is 5.11 Å². The van der Waals surface area contributed by atoms with Crippen molar-refractivity contribution in [1.82, 2.24) is 5.32 Å². The maximum atomic E-state index is 9.68. The predicted molar refractivity (Wildman–Crippen MR) is 46.3 cm³/mol. The minimum Gasteiger partial charge on any atom is -0.465 e. The molecule has 2 aliphatic rings. The van der Waals surface area contributed by atoms with Gasteiger partial charge in [0.15, 0.2) is 0 Å². The van der Waals surface area contributed by atoms with Gasteiger partial charge in [-0.15, -0.1) is 12.4 Å². The topological polar surface area (TPSA) is 58.6 Å². The quantitative estimate of drug-likeness (QED) is 0.521. The summed E-state index contributed by atoms with van der Waals surface area (Å²) in [7, 11) is 0. The first-order chi connectivity index (χ1) is 5.29. The van der Waals surface area contributed by atoms with Gasteiger partial charge >= 0.3 is 5.97 Å². The van der Waals surface area contributed by atoms with E-state index in [1.54, 1.807) is 0 Å². The number of halogens is 1. The molecular weight excluding hydrogens is 182 g/mol. The first-order valence-electron chi connectivity index (χ1n) is 3.83. The third kappa shape index (κ3) is 4.54. The molecule has 0 aliphatic carbocycles. The van der Waals surface area contributed by atoms with Crippen LogP contribution >= 0.6 is 12.4 Å². The van der Waals surface area contributed by atoms with Crippen LogP contribution in [0.5, 0.6) is 0 Å². The summed E-state index contributed by atoms with van der Waals surface area (Å²) in [5, 5.41) is 11.7. The molecule has 2 fully saturated rings. The van der Waals surface area contributed by atoms with Crippen molar-refractivity contribution in [3.8, 4) is 0 Å². The van der Waals surface area contributed by atoms with Crippen molar-refractivity contribution in [2.75, 3.05) is 19.7 Å². The summed E-state index contributed by atoms with van der Waals surface area (Å²) in [4.78, 5) is 9.68. The van der Waals surface area contributed by atoms with E-state index in [1.165, 1.54) is 0 Å². The van der Waals surface area contributed by atoms with Gasteiger partial charge in [0.25, 0.3) is 0 Å². The molecule has 2 aliphatic heterocycles. The number of ether oxygens (including phenoxy) is 1. The lowest BCUT2D eigenvalue weighted by molar-refractivity contribution is -0.157. The Labute approximate surface area is 77.7 Å². The van der Waals surface area contributed by atoms with Crippen molar-refractivity contribution in [3.05, 3.63) is 0 Å². The van der Waals surface area contributed by atoms with Crippen LogP contribution in [0.2, 0.25) is 0 Å². The number of esters is 1. The molecule has 0 bridgehead atoms. The Morgan fingerprint density at radius 2 is 2.17 bits per heavy atom. The first-order valence-corrected chi connectivity index (χ1v) is 3.83. The SMILES string of the molecule is Cl.O=C1CCO1.O[C@H]1CCNC1. The van der Waals surface area contributed by atoms with Crippen LogP contribution < -0.4 is 5.32 Å². The summed E-state index contributed by atoms with van der Waals surface area (Å²) >= 11 is 0. The Balaban J connectivity index is 0.000000189. The minimum atomic E-state index is -0.0648. The monoisotopic (exact) mass is 195 g/mol. The van der Waals surface area contributed by atoms with E-state index in [-0.39, 0.29) is 24.5 Å². The Hall–Kier alpha value is -0.320. The van der Waals surface area contributed by atoms with Gasteiger partial charge in [0.1, 0.15) is 6.61 Å². The lowest BCUT2D eigenvalue weighted by Gasteiger charge is -2.09. The van der Waals surface area contributed by atoms with Gasteiger partial charge in [-0.05, 0) is 13.0 Å². The van der Waals surface area contributed by atoms with Crippen molar-refractivity contribution in [1.29, 1.82) is 0 Å². The highest BCUT2D eigenvalue weighted by molar-refractivity contribution is 5.85. The van der Waals surface area contributed by atoms with E-state index < -0.39 is 0 Å². The Bertz CT molecular complexity index is 131. The number of β-amino-alcohol motifs (C(OH)–C–C–N with tert-alkyl or cyclic N) is 1. The first kappa shape index (κ1) is 11.7. The van der Waals surface area contributed by atoms with E-state index in [1.807, 2.05) is 0 Å². The lowest BCUT2D eigenvalue weighted by Crippen LogP contribution is -2.18. The number of rotatable bonds is 0. The molecule has 12 heavy (non-hydrogen) atoms. The van der Waals surface area contributed by atoms with Gasteiger partial charge in [0.05, 0.1) is 12.5 Å². The summed E-state index contributed by atoms with van der Waals surface area (Å²) in [6.45, 7) is 2.42. The maximum absolute atomic E-state index is 9.68. The number of carbonyl (C=O) groups is 1. The van der Waals surface area contributed by atoms with Gasteiger partial charge < -0.3 is 15.2 Å². The Morgan fingerprint density at radius 1 is 1.58 bits per heavy atom. The molecule has 2 saturated heterocycles. The number of cyclic esters (lactones) is 1. The summed E-state index contributed by atoms with van der Waals surface area (Å²) in [6, 6.07) is 0. The highest BCUT2D eigenvalue weighted by Crippen LogP contribution is 1.97. The molecule has 1 atom stereocenters. The average Bonchev–Trinajstić information content (AvgIpc) is 2.36. The fourth-order valence-corrected chi connectivity index (χ4v) is 0.825. The maximum Gasteiger partial charge on any atom is 0.309 e. The molecule has 0 spiro atoms. The van der Waals surface area contributed by atoms with Gasteiger partial charge in [-0.2, -0.15) is 0 Å². The Morgan fingerprint density at radius 3 is 2.25 bits per heavy atom. The molecule has 0 unspecified atom stereocenters. The van der Waals surface area contributed by atoms with Crippen molar-refractivity contribution in [2.45, 2.75) is 18.9 Å². The minimum absolute atomic E-state index is 0. The third-order valence-electron chi connectivity index (χ3n) is 1.60. The van der Waals surface area contributed by atoms with Gasteiger partial charge in [0.2, 0.25) is 0 Å². The zero-order valence-corrected chi connectivity index (χ0v) is 7.60. The molecule has 2 rings (SSSR count). The van der Waals surface area contributed by atoms with Crippen LogP contribution in [0.1, 0.15) is 12.8 Å². The second-order valence-corrected chi connectivity index (χ2v) is 2.62. The number of hydrogen-bond donors (Lipinski definition) is 2. The molecule has 0 amide bonds. The second kappa shape index (κ2) is 6.22. The molecule has 0 aromatic rings. The molecule has 72 valence electrons. The zero-order chi connectivity index (χ0) is 8.10. The van der Waals surface area contributed by atoms with Crippen LogP contribution in [0.25, 0.3) is 0 Å². The van der Waals surface area contributed by atoms with Crippen LogP contribution in [0.3, 0.4) is 0 Å². The van der Waals surface area contributed by atoms with Gasteiger partial charge in [0, 0.05) is 6.54 Å². The van der Waals surface area contributed by atoms with Crippen LogP contribution in [0.15, 0.2) is 0 Å². The van der Waals surface area contributed by atoms with Crippen LogP contribution in [-0.4, -0.2) is 36.9 Å². The number of aliphatic hydroxyl groups excluding tert-OH is 1. The van der Waals surface area contributed by atoms with Crippen molar-refractivity contribution in [2.24, 2.45) is 0 Å². The molecule has 2 heterocycles. The van der Waals surface area contributed by atoms with Gasteiger partial charge in [-0.1, -0.05) is 0 Å². The third-order valence-corrected chi connectivity index (χ3v) is 1.60. The van der Waals surface area contributed by atoms with Gasteiger partial charge in [-0.3, -0.25) is 4.79 Å². The van der Waals surface area contributed by atoms with Crippen LogP contribution in [0.4, 0.5) is 0 Å². The largest absolute Gasteiger partial charge is 0.465 e. The second-order valence-electron chi connectivity index (χ2n) is 2.62. The fourth-order valence-electron chi connectivity index (χ4n) is 0.825. The fraction of sp³-hybridized carbons (Fsp3) is 0.857. The van der Waals surface area contributed by atoms with Crippen molar-refractivity contribution < 1.29 is 14.6 Å². The predicted octanol–water partition coefficient (Wildman–Crippen LogP) is -0.304. The normalized spacial score (nSPS) is 25.8. The summed E-state index contributed by atoms with van der Waals surface area (Å²) in [6.07, 6.45) is 1.49. The number of aliphatic hydroxyl groups is 1. The highest BCUT2D eigenvalue weighted by atomic mass is 35.5. The summed E-state index contributed by atoms with van der Waals surface area (Å²) in [5.41, 5.74) is 0. The molecule has 0 aromatic heterocycles. The molecule has 0 radical (unpaired) electrons.